The molecule has 0 aliphatic rings. The minimum Gasteiger partial charge on any atom is -0.386 e. The fourth-order valence-corrected chi connectivity index (χ4v) is 1.50. The molecule has 0 saturated carbocycles. The van der Waals surface area contributed by atoms with E-state index in [1.54, 1.807) is 13.1 Å². The van der Waals surface area contributed by atoms with Crippen molar-refractivity contribution < 1.29 is 4.39 Å². The Balaban J connectivity index is 2.34. The second kappa shape index (κ2) is 4.97. The number of halogens is 2. The SMILES string of the molecule is CNc1ccccc1Nc1nc(Cl)ncc1F. The van der Waals surface area contributed by atoms with Gasteiger partial charge in [0, 0.05) is 7.05 Å². The van der Waals surface area contributed by atoms with E-state index in [1.807, 2.05) is 18.2 Å². The van der Waals surface area contributed by atoms with Gasteiger partial charge in [-0.05, 0) is 23.7 Å². The van der Waals surface area contributed by atoms with Crippen LogP contribution in [0.3, 0.4) is 0 Å². The molecule has 4 nitrogen and oxygen atoms in total. The number of hydrogen-bond acceptors (Lipinski definition) is 4. The topological polar surface area (TPSA) is 49.8 Å². The number of para-hydroxylation sites is 2. The Kier molecular flexibility index (Phi) is 3.39. The van der Waals surface area contributed by atoms with Gasteiger partial charge in [0.25, 0.3) is 0 Å². The fraction of sp³-hybridized carbons (Fsp3) is 0.0909. The van der Waals surface area contributed by atoms with Gasteiger partial charge in [-0.1, -0.05) is 12.1 Å². The highest BCUT2D eigenvalue weighted by molar-refractivity contribution is 6.28. The largest absolute Gasteiger partial charge is 0.386 e. The number of aromatic nitrogens is 2. The van der Waals surface area contributed by atoms with Gasteiger partial charge in [-0.15, -0.1) is 0 Å². The molecule has 6 heteroatoms. The first-order valence-electron chi connectivity index (χ1n) is 4.92. The lowest BCUT2D eigenvalue weighted by atomic mass is 10.2. The summed E-state index contributed by atoms with van der Waals surface area (Å²) >= 11 is 5.61. The third-order valence-electron chi connectivity index (χ3n) is 2.16. The quantitative estimate of drug-likeness (QED) is 0.825. The average Bonchev–Trinajstić information content (AvgIpc) is 2.34. The van der Waals surface area contributed by atoms with Crippen molar-refractivity contribution in [2.24, 2.45) is 0 Å². The number of nitrogens with one attached hydrogen (secondary N) is 2. The number of nitrogens with zero attached hydrogens (tertiary/aromatic N) is 2. The molecule has 0 amide bonds. The van der Waals surface area contributed by atoms with E-state index in [9.17, 15) is 4.39 Å². The Bertz CT molecular complexity index is 533. The number of benzene rings is 1. The molecular weight excluding hydrogens is 243 g/mol. The Labute approximate surface area is 103 Å². The monoisotopic (exact) mass is 252 g/mol. The molecule has 0 spiro atoms. The minimum absolute atomic E-state index is 0.00385. The number of rotatable bonds is 3. The maximum atomic E-state index is 13.4. The maximum Gasteiger partial charge on any atom is 0.224 e. The zero-order valence-electron chi connectivity index (χ0n) is 9.04. The van der Waals surface area contributed by atoms with Gasteiger partial charge in [-0.3, -0.25) is 0 Å². The van der Waals surface area contributed by atoms with Gasteiger partial charge in [-0.2, -0.15) is 4.98 Å². The molecule has 0 radical (unpaired) electrons. The summed E-state index contributed by atoms with van der Waals surface area (Å²) < 4.78 is 13.4. The van der Waals surface area contributed by atoms with Crippen molar-refractivity contribution in [3.8, 4) is 0 Å². The highest BCUT2D eigenvalue weighted by Crippen LogP contribution is 2.25. The number of anilines is 3. The lowest BCUT2D eigenvalue weighted by Gasteiger charge is -2.11. The molecule has 0 unspecified atom stereocenters. The highest BCUT2D eigenvalue weighted by Gasteiger charge is 2.07. The molecule has 88 valence electrons. The minimum atomic E-state index is -0.555. The molecule has 1 aromatic heterocycles. The number of hydrogen-bond donors (Lipinski definition) is 2. The van der Waals surface area contributed by atoms with E-state index in [-0.39, 0.29) is 11.1 Å². The van der Waals surface area contributed by atoms with Gasteiger partial charge in [0.1, 0.15) is 0 Å². The zero-order chi connectivity index (χ0) is 12.3. The van der Waals surface area contributed by atoms with Crippen LogP contribution in [-0.2, 0) is 0 Å². The standard InChI is InChI=1S/C11H10ClFN4/c1-14-8-4-2-3-5-9(8)16-10-7(13)6-15-11(12)17-10/h2-6,14H,1H3,(H,15,16,17). The van der Waals surface area contributed by atoms with E-state index in [4.69, 9.17) is 11.6 Å². The summed E-state index contributed by atoms with van der Waals surface area (Å²) in [6, 6.07) is 7.38. The van der Waals surface area contributed by atoms with Gasteiger partial charge < -0.3 is 10.6 Å². The molecule has 2 rings (SSSR count). The lowest BCUT2D eigenvalue weighted by molar-refractivity contribution is 0.619. The molecule has 0 aliphatic carbocycles. The average molecular weight is 253 g/mol. The van der Waals surface area contributed by atoms with Crippen LogP contribution < -0.4 is 10.6 Å². The van der Waals surface area contributed by atoms with Crippen LogP contribution >= 0.6 is 11.6 Å². The smallest absolute Gasteiger partial charge is 0.224 e. The van der Waals surface area contributed by atoms with Crippen LogP contribution in [0, 0.1) is 5.82 Å². The summed E-state index contributed by atoms with van der Waals surface area (Å²) in [6.07, 6.45) is 1.03. The van der Waals surface area contributed by atoms with E-state index in [1.165, 1.54) is 0 Å². The summed E-state index contributed by atoms with van der Waals surface area (Å²) in [4.78, 5) is 7.33. The van der Waals surface area contributed by atoms with Crippen LogP contribution in [0.5, 0.6) is 0 Å². The molecule has 2 aromatic rings. The van der Waals surface area contributed by atoms with Gasteiger partial charge >= 0.3 is 0 Å². The molecule has 0 aliphatic heterocycles. The summed E-state index contributed by atoms with van der Waals surface area (Å²) in [6.45, 7) is 0. The predicted molar refractivity (Wildman–Crippen MR) is 66.3 cm³/mol. The first-order chi connectivity index (χ1) is 8.20. The molecule has 0 atom stereocenters. The van der Waals surface area contributed by atoms with Crippen molar-refractivity contribution in [1.29, 1.82) is 0 Å². The van der Waals surface area contributed by atoms with Crippen molar-refractivity contribution in [3.63, 3.8) is 0 Å². The fourth-order valence-electron chi connectivity index (χ4n) is 1.37. The van der Waals surface area contributed by atoms with Crippen LogP contribution in [0.4, 0.5) is 21.6 Å². The van der Waals surface area contributed by atoms with Crippen LogP contribution in [0.1, 0.15) is 0 Å². The summed E-state index contributed by atoms with van der Waals surface area (Å²) in [5, 5.41) is 5.84. The molecule has 1 aromatic carbocycles. The van der Waals surface area contributed by atoms with Crippen LogP contribution in [0.2, 0.25) is 5.28 Å². The molecule has 0 fully saturated rings. The van der Waals surface area contributed by atoms with Gasteiger partial charge in [0.2, 0.25) is 5.28 Å². The molecule has 0 saturated heterocycles. The van der Waals surface area contributed by atoms with Gasteiger partial charge in [-0.25, -0.2) is 9.37 Å². The molecule has 1 heterocycles. The van der Waals surface area contributed by atoms with Crippen molar-refractivity contribution in [1.82, 2.24) is 9.97 Å². The normalized spacial score (nSPS) is 10.1. The van der Waals surface area contributed by atoms with Gasteiger partial charge in [0.15, 0.2) is 11.6 Å². The molecule has 0 bridgehead atoms. The van der Waals surface area contributed by atoms with E-state index in [2.05, 4.69) is 20.6 Å². The first-order valence-corrected chi connectivity index (χ1v) is 5.30. The molecule has 17 heavy (non-hydrogen) atoms. The second-order valence-corrected chi connectivity index (χ2v) is 3.59. The Morgan fingerprint density at radius 2 is 1.94 bits per heavy atom. The van der Waals surface area contributed by atoms with Crippen molar-refractivity contribution in [2.75, 3.05) is 17.7 Å². The van der Waals surface area contributed by atoms with E-state index in [0.29, 0.717) is 5.69 Å². The Hall–Kier alpha value is -1.88. The van der Waals surface area contributed by atoms with E-state index in [0.717, 1.165) is 11.9 Å². The maximum absolute atomic E-state index is 13.4. The summed E-state index contributed by atoms with van der Waals surface area (Å²) in [5.74, 6) is -0.506. The van der Waals surface area contributed by atoms with Crippen molar-refractivity contribution in [2.45, 2.75) is 0 Å². The summed E-state index contributed by atoms with van der Waals surface area (Å²) in [7, 11) is 1.78. The Morgan fingerprint density at radius 3 is 2.65 bits per heavy atom. The molecular formula is C11H10ClFN4. The first kappa shape index (κ1) is 11.6. The van der Waals surface area contributed by atoms with E-state index >= 15 is 0 Å². The van der Waals surface area contributed by atoms with Crippen LogP contribution in [-0.4, -0.2) is 17.0 Å². The van der Waals surface area contributed by atoms with Crippen LogP contribution in [0.25, 0.3) is 0 Å². The van der Waals surface area contributed by atoms with Crippen molar-refractivity contribution >= 4 is 28.8 Å². The molecule has 2 N–H and O–H groups in total. The third-order valence-corrected chi connectivity index (χ3v) is 2.35. The van der Waals surface area contributed by atoms with Gasteiger partial charge in [0.05, 0.1) is 17.6 Å². The summed E-state index contributed by atoms with van der Waals surface area (Å²) in [5.41, 5.74) is 1.55. The predicted octanol–water partition coefficient (Wildman–Crippen LogP) is 3.05. The Morgan fingerprint density at radius 1 is 1.24 bits per heavy atom. The van der Waals surface area contributed by atoms with Crippen molar-refractivity contribution in [3.05, 3.63) is 41.6 Å². The third kappa shape index (κ3) is 2.62. The van der Waals surface area contributed by atoms with Crippen LogP contribution in [0.15, 0.2) is 30.5 Å². The second-order valence-electron chi connectivity index (χ2n) is 3.26. The zero-order valence-corrected chi connectivity index (χ0v) is 9.79. The highest BCUT2D eigenvalue weighted by atomic mass is 35.5. The van der Waals surface area contributed by atoms with E-state index < -0.39 is 5.82 Å². The lowest BCUT2D eigenvalue weighted by Crippen LogP contribution is -2.01.